The normalized spacial score (nSPS) is 17.6. The van der Waals surface area contributed by atoms with Crippen molar-refractivity contribution in [2.75, 3.05) is 6.54 Å². The lowest BCUT2D eigenvalue weighted by Crippen LogP contribution is -2.36. The van der Waals surface area contributed by atoms with Gasteiger partial charge in [0.05, 0.1) is 0 Å². The summed E-state index contributed by atoms with van der Waals surface area (Å²) in [7, 11) is 0. The van der Waals surface area contributed by atoms with E-state index >= 15 is 0 Å². The molecular formula is C18H24N4O. The van der Waals surface area contributed by atoms with Crippen molar-refractivity contribution in [3.05, 3.63) is 48.0 Å². The van der Waals surface area contributed by atoms with Crippen LogP contribution in [-0.2, 0) is 13.0 Å². The molecule has 1 amide bonds. The number of rotatable bonds is 6. The van der Waals surface area contributed by atoms with E-state index in [0.717, 1.165) is 45.2 Å². The zero-order valence-electron chi connectivity index (χ0n) is 13.7. The smallest absolute Gasteiger partial charge is 0.274 e. The number of nitrogens with zero attached hydrogens (tertiary/aromatic N) is 4. The second-order valence-corrected chi connectivity index (χ2v) is 6.15. The summed E-state index contributed by atoms with van der Waals surface area (Å²) in [4.78, 5) is 18.8. The van der Waals surface area contributed by atoms with E-state index in [1.54, 1.807) is 0 Å². The van der Waals surface area contributed by atoms with Gasteiger partial charge in [-0.1, -0.05) is 6.92 Å². The summed E-state index contributed by atoms with van der Waals surface area (Å²) in [5.41, 5.74) is 1.86. The first kappa shape index (κ1) is 15.7. The van der Waals surface area contributed by atoms with Gasteiger partial charge in [-0.05, 0) is 55.9 Å². The Bertz CT molecular complexity index is 637. The van der Waals surface area contributed by atoms with Crippen molar-refractivity contribution in [3.63, 3.8) is 0 Å². The van der Waals surface area contributed by atoms with Crippen molar-refractivity contribution < 1.29 is 4.79 Å². The molecule has 0 unspecified atom stereocenters. The van der Waals surface area contributed by atoms with Crippen LogP contribution < -0.4 is 0 Å². The molecule has 23 heavy (non-hydrogen) atoms. The number of carbonyl (C=O) groups is 1. The highest BCUT2D eigenvalue weighted by Crippen LogP contribution is 2.23. The minimum atomic E-state index is 0.0806. The van der Waals surface area contributed by atoms with Gasteiger partial charge in [-0.3, -0.25) is 14.5 Å². The van der Waals surface area contributed by atoms with Crippen molar-refractivity contribution in [3.8, 4) is 0 Å². The molecular weight excluding hydrogens is 288 g/mol. The van der Waals surface area contributed by atoms with Gasteiger partial charge in [-0.2, -0.15) is 5.10 Å². The van der Waals surface area contributed by atoms with Crippen LogP contribution in [0.3, 0.4) is 0 Å². The molecule has 1 saturated heterocycles. The molecule has 0 N–H and O–H groups in total. The number of carbonyl (C=O) groups excluding carboxylic acids is 1. The minimum Gasteiger partial charge on any atom is -0.334 e. The van der Waals surface area contributed by atoms with Crippen LogP contribution in [0.1, 0.15) is 48.7 Å². The first-order chi connectivity index (χ1) is 11.3. The fraction of sp³-hybridized carbons (Fsp3) is 0.500. The van der Waals surface area contributed by atoms with Crippen LogP contribution in [0.5, 0.6) is 0 Å². The lowest BCUT2D eigenvalue weighted by molar-refractivity contribution is 0.0723. The molecule has 5 nitrogen and oxygen atoms in total. The predicted molar refractivity (Wildman–Crippen MR) is 89.1 cm³/mol. The van der Waals surface area contributed by atoms with E-state index in [1.807, 2.05) is 46.4 Å². The van der Waals surface area contributed by atoms with Crippen LogP contribution in [-0.4, -0.2) is 38.2 Å². The van der Waals surface area contributed by atoms with Crippen LogP contribution in [0.4, 0.5) is 0 Å². The molecule has 122 valence electrons. The molecule has 1 atom stereocenters. The molecule has 3 heterocycles. The zero-order chi connectivity index (χ0) is 16.1. The Morgan fingerprint density at radius 1 is 1.30 bits per heavy atom. The van der Waals surface area contributed by atoms with E-state index in [2.05, 4.69) is 17.0 Å². The Morgan fingerprint density at radius 2 is 2.13 bits per heavy atom. The van der Waals surface area contributed by atoms with E-state index in [-0.39, 0.29) is 5.91 Å². The summed E-state index contributed by atoms with van der Waals surface area (Å²) >= 11 is 0. The molecule has 1 aliphatic rings. The third-order valence-corrected chi connectivity index (χ3v) is 4.47. The molecule has 1 aliphatic heterocycles. The molecule has 0 aromatic carbocycles. The molecule has 0 spiro atoms. The summed E-state index contributed by atoms with van der Waals surface area (Å²) in [5, 5.41) is 4.41. The summed E-state index contributed by atoms with van der Waals surface area (Å²) in [5.74, 6) is 0.0806. The lowest BCUT2D eigenvalue weighted by atomic mass is 10.0. The second-order valence-electron chi connectivity index (χ2n) is 6.15. The average molecular weight is 312 g/mol. The van der Waals surface area contributed by atoms with Crippen molar-refractivity contribution in [1.29, 1.82) is 0 Å². The first-order valence-corrected chi connectivity index (χ1v) is 8.51. The Balaban J connectivity index is 1.62. The van der Waals surface area contributed by atoms with Crippen molar-refractivity contribution >= 4 is 5.91 Å². The summed E-state index contributed by atoms with van der Waals surface area (Å²) in [6.45, 7) is 3.82. The number of hydrogen-bond donors (Lipinski definition) is 0. The first-order valence-electron chi connectivity index (χ1n) is 8.51. The maximum atomic E-state index is 12.7. The number of amides is 1. The van der Waals surface area contributed by atoms with Gasteiger partial charge in [-0.15, -0.1) is 0 Å². The number of aromatic nitrogens is 3. The number of pyridine rings is 1. The molecule has 2 aromatic heterocycles. The molecule has 3 rings (SSSR count). The van der Waals surface area contributed by atoms with Crippen LogP contribution in [0, 0.1) is 0 Å². The van der Waals surface area contributed by atoms with Crippen molar-refractivity contribution in [1.82, 2.24) is 19.7 Å². The quantitative estimate of drug-likeness (QED) is 0.824. The standard InChI is InChI=1S/C18H24N4O/c1-2-12-21-14-9-17(20-21)18(23)22-13-3-4-16(22)6-5-15-7-10-19-11-8-15/h7-11,14,16H,2-6,12-13H2,1H3/t16-/m1/s1. The SMILES string of the molecule is CCCn1ccc(C(=O)N2CCC[C@@H]2CCc2ccncc2)n1. The summed E-state index contributed by atoms with van der Waals surface area (Å²) in [6, 6.07) is 6.27. The van der Waals surface area contributed by atoms with Crippen molar-refractivity contribution in [2.45, 2.75) is 51.6 Å². The van der Waals surface area contributed by atoms with Gasteiger partial charge in [0, 0.05) is 37.7 Å². The third-order valence-electron chi connectivity index (χ3n) is 4.47. The van der Waals surface area contributed by atoms with Crippen LogP contribution >= 0.6 is 0 Å². The van der Waals surface area contributed by atoms with E-state index in [1.165, 1.54) is 5.56 Å². The maximum Gasteiger partial charge on any atom is 0.274 e. The van der Waals surface area contributed by atoms with Crippen LogP contribution in [0.25, 0.3) is 0 Å². The summed E-state index contributed by atoms with van der Waals surface area (Å²) < 4.78 is 1.86. The van der Waals surface area contributed by atoms with Gasteiger partial charge in [0.25, 0.3) is 5.91 Å². The Kier molecular flexibility index (Phi) is 5.05. The monoisotopic (exact) mass is 312 g/mol. The van der Waals surface area contributed by atoms with Gasteiger partial charge in [-0.25, -0.2) is 0 Å². The highest BCUT2D eigenvalue weighted by atomic mass is 16.2. The molecule has 5 heteroatoms. The number of hydrogen-bond acceptors (Lipinski definition) is 3. The van der Waals surface area contributed by atoms with Gasteiger partial charge in [0.2, 0.25) is 0 Å². The van der Waals surface area contributed by atoms with Crippen LogP contribution in [0.2, 0.25) is 0 Å². The molecule has 0 aliphatic carbocycles. The topological polar surface area (TPSA) is 51.0 Å². The summed E-state index contributed by atoms with van der Waals surface area (Å²) in [6.07, 6.45) is 10.7. The number of likely N-dealkylation sites (tertiary alicyclic amines) is 1. The predicted octanol–water partition coefficient (Wildman–Crippen LogP) is 2.93. The molecule has 2 aromatic rings. The Morgan fingerprint density at radius 3 is 2.91 bits per heavy atom. The number of aryl methyl sites for hydroxylation is 2. The maximum absolute atomic E-state index is 12.7. The lowest BCUT2D eigenvalue weighted by Gasteiger charge is -2.24. The zero-order valence-corrected chi connectivity index (χ0v) is 13.7. The van der Waals surface area contributed by atoms with Gasteiger partial charge < -0.3 is 4.90 Å². The molecule has 0 bridgehead atoms. The second kappa shape index (κ2) is 7.40. The highest BCUT2D eigenvalue weighted by molar-refractivity contribution is 5.92. The van der Waals surface area contributed by atoms with Crippen LogP contribution in [0.15, 0.2) is 36.8 Å². The van der Waals surface area contributed by atoms with E-state index < -0.39 is 0 Å². The largest absolute Gasteiger partial charge is 0.334 e. The Labute approximate surface area is 137 Å². The average Bonchev–Trinajstić information content (AvgIpc) is 3.23. The van der Waals surface area contributed by atoms with E-state index in [9.17, 15) is 4.79 Å². The molecule has 1 fully saturated rings. The fourth-order valence-corrected chi connectivity index (χ4v) is 3.26. The van der Waals surface area contributed by atoms with E-state index in [4.69, 9.17) is 0 Å². The highest BCUT2D eigenvalue weighted by Gasteiger charge is 2.30. The fourth-order valence-electron chi connectivity index (χ4n) is 3.26. The minimum absolute atomic E-state index is 0.0806. The van der Waals surface area contributed by atoms with Gasteiger partial charge in [0.1, 0.15) is 5.69 Å². The van der Waals surface area contributed by atoms with E-state index in [0.29, 0.717) is 11.7 Å². The molecule has 0 saturated carbocycles. The molecule has 0 radical (unpaired) electrons. The van der Waals surface area contributed by atoms with Gasteiger partial charge >= 0.3 is 0 Å². The van der Waals surface area contributed by atoms with Crippen molar-refractivity contribution in [2.24, 2.45) is 0 Å². The van der Waals surface area contributed by atoms with Gasteiger partial charge in [0.15, 0.2) is 0 Å². The third kappa shape index (κ3) is 3.78. The Hall–Kier alpha value is -2.17.